The Balaban J connectivity index is 1.67. The van der Waals surface area contributed by atoms with E-state index in [-0.39, 0.29) is 23.8 Å². The number of aromatic nitrogens is 2. The Hall–Kier alpha value is -2.45. The topological polar surface area (TPSA) is 38.1 Å². The minimum atomic E-state index is -2.66. The van der Waals surface area contributed by atoms with Gasteiger partial charge < -0.3 is 4.90 Å². The van der Waals surface area contributed by atoms with Gasteiger partial charge in [-0.15, -0.1) is 0 Å². The van der Waals surface area contributed by atoms with E-state index in [9.17, 15) is 26.7 Å². The first-order valence-corrected chi connectivity index (χ1v) is 9.90. The van der Waals surface area contributed by atoms with Gasteiger partial charge in [0.15, 0.2) is 0 Å². The van der Waals surface area contributed by atoms with Gasteiger partial charge in [0, 0.05) is 25.8 Å². The van der Waals surface area contributed by atoms with Gasteiger partial charge in [0.05, 0.1) is 23.1 Å². The van der Waals surface area contributed by atoms with E-state index < -0.39 is 36.4 Å². The molecule has 1 heterocycles. The summed E-state index contributed by atoms with van der Waals surface area (Å²) in [7, 11) is 1.54. The van der Waals surface area contributed by atoms with Crippen LogP contribution < -0.4 is 0 Å². The fraction of sp³-hybridized carbons (Fsp3) is 0.524. The van der Waals surface area contributed by atoms with E-state index in [0.29, 0.717) is 24.0 Å². The molecule has 0 aliphatic heterocycles. The highest BCUT2D eigenvalue weighted by atomic mass is 19.3. The van der Waals surface area contributed by atoms with E-state index in [0.717, 1.165) is 18.9 Å². The Morgan fingerprint density at radius 3 is 2.53 bits per heavy atom. The summed E-state index contributed by atoms with van der Waals surface area (Å²) >= 11 is 0. The molecule has 0 bridgehead atoms. The maximum Gasteiger partial charge on any atom is 0.257 e. The van der Waals surface area contributed by atoms with Crippen LogP contribution in [0.2, 0.25) is 0 Å². The van der Waals surface area contributed by atoms with E-state index >= 15 is 0 Å². The molecule has 0 unspecified atom stereocenters. The standard InChI is InChI=1S/C21H22F5N3O/c1-28-11-15(17(27-28)9-18(23)24)19(30)29(14-3-4-14)10-12-8-13(22)2-5-16(12)21(6-7-21)20(25)26/h2,5,8,11,14,18,20H,3-4,6-7,9-10H2,1H3. The second-order valence-corrected chi connectivity index (χ2v) is 8.18. The van der Waals surface area contributed by atoms with Crippen LogP contribution in [0, 0.1) is 5.82 Å². The zero-order valence-electron chi connectivity index (χ0n) is 16.4. The van der Waals surface area contributed by atoms with Gasteiger partial charge in [0.1, 0.15) is 5.82 Å². The Kier molecular flexibility index (Phi) is 5.32. The number of benzene rings is 1. The molecule has 2 aliphatic rings. The molecule has 1 amide bonds. The summed E-state index contributed by atoms with van der Waals surface area (Å²) < 4.78 is 68.5. The van der Waals surface area contributed by atoms with E-state index in [1.54, 1.807) is 0 Å². The van der Waals surface area contributed by atoms with Gasteiger partial charge in [-0.2, -0.15) is 5.10 Å². The van der Waals surface area contributed by atoms with E-state index in [2.05, 4.69) is 5.10 Å². The molecule has 30 heavy (non-hydrogen) atoms. The average Bonchev–Trinajstić information content (AvgIpc) is 3.57. The maximum atomic E-state index is 14.0. The molecule has 1 aromatic carbocycles. The second-order valence-electron chi connectivity index (χ2n) is 8.18. The van der Waals surface area contributed by atoms with Crippen molar-refractivity contribution >= 4 is 5.91 Å². The summed E-state index contributed by atoms with van der Waals surface area (Å²) in [5.74, 6) is -1.06. The van der Waals surface area contributed by atoms with Crippen molar-refractivity contribution < 1.29 is 26.7 Å². The van der Waals surface area contributed by atoms with Gasteiger partial charge in [-0.1, -0.05) is 6.07 Å². The van der Waals surface area contributed by atoms with Crippen LogP contribution >= 0.6 is 0 Å². The molecule has 162 valence electrons. The van der Waals surface area contributed by atoms with E-state index in [1.807, 2.05) is 0 Å². The molecular weight excluding hydrogens is 405 g/mol. The van der Waals surface area contributed by atoms with Gasteiger partial charge in [0.25, 0.3) is 5.91 Å². The second kappa shape index (κ2) is 7.67. The number of aryl methyl sites for hydroxylation is 1. The molecule has 2 aliphatic carbocycles. The van der Waals surface area contributed by atoms with Crippen molar-refractivity contribution in [2.75, 3.05) is 0 Å². The number of nitrogens with zero attached hydrogens (tertiary/aromatic N) is 3. The van der Waals surface area contributed by atoms with Gasteiger partial charge in [-0.25, -0.2) is 22.0 Å². The molecule has 2 aromatic rings. The van der Waals surface area contributed by atoms with E-state index in [1.165, 1.54) is 35.0 Å². The Morgan fingerprint density at radius 2 is 1.97 bits per heavy atom. The Morgan fingerprint density at radius 1 is 1.27 bits per heavy atom. The van der Waals surface area contributed by atoms with Crippen molar-refractivity contribution in [3.8, 4) is 0 Å². The molecule has 1 aromatic heterocycles. The zero-order valence-corrected chi connectivity index (χ0v) is 16.4. The number of hydrogen-bond donors (Lipinski definition) is 0. The lowest BCUT2D eigenvalue weighted by atomic mass is 9.91. The summed E-state index contributed by atoms with van der Waals surface area (Å²) in [5.41, 5.74) is -0.536. The SMILES string of the molecule is Cn1cc(C(=O)N(Cc2cc(F)ccc2C2(C(F)F)CC2)C2CC2)c(CC(F)F)n1. The average molecular weight is 427 g/mol. The molecule has 0 radical (unpaired) electrons. The predicted molar refractivity (Wildman–Crippen MR) is 99.1 cm³/mol. The lowest BCUT2D eigenvalue weighted by Crippen LogP contribution is -2.34. The maximum absolute atomic E-state index is 14.0. The first kappa shape index (κ1) is 20.8. The fourth-order valence-electron chi connectivity index (χ4n) is 4.02. The van der Waals surface area contributed by atoms with Crippen molar-refractivity contribution in [3.63, 3.8) is 0 Å². The largest absolute Gasteiger partial charge is 0.331 e. The van der Waals surface area contributed by atoms with Crippen LogP contribution in [-0.4, -0.2) is 39.5 Å². The number of hydrogen-bond acceptors (Lipinski definition) is 2. The molecule has 4 nitrogen and oxygen atoms in total. The number of carbonyl (C=O) groups is 1. The summed E-state index contributed by atoms with van der Waals surface area (Å²) in [6.07, 6.45) is -2.44. The van der Waals surface area contributed by atoms with Crippen LogP contribution in [0.25, 0.3) is 0 Å². The highest BCUT2D eigenvalue weighted by molar-refractivity contribution is 5.95. The lowest BCUT2D eigenvalue weighted by Gasteiger charge is -2.26. The normalized spacial score (nSPS) is 17.6. The lowest BCUT2D eigenvalue weighted by molar-refractivity contribution is 0.0724. The van der Waals surface area contributed by atoms with Crippen molar-refractivity contribution in [2.24, 2.45) is 7.05 Å². The first-order chi connectivity index (χ1) is 14.2. The van der Waals surface area contributed by atoms with Gasteiger partial charge in [-0.05, 0) is 48.9 Å². The van der Waals surface area contributed by atoms with Crippen LogP contribution in [0.3, 0.4) is 0 Å². The molecule has 2 fully saturated rings. The highest BCUT2D eigenvalue weighted by Gasteiger charge is 2.53. The van der Waals surface area contributed by atoms with Crippen LogP contribution in [0.1, 0.15) is 52.9 Å². The Labute approximate surface area is 170 Å². The number of rotatable bonds is 8. The molecule has 0 N–H and O–H groups in total. The molecule has 0 spiro atoms. The third-order valence-corrected chi connectivity index (χ3v) is 5.88. The van der Waals surface area contributed by atoms with Gasteiger partial charge in [0.2, 0.25) is 12.9 Å². The van der Waals surface area contributed by atoms with Crippen LogP contribution in [0.5, 0.6) is 0 Å². The van der Waals surface area contributed by atoms with Gasteiger partial charge in [-0.3, -0.25) is 9.48 Å². The summed E-state index contributed by atoms with van der Waals surface area (Å²) in [6.45, 7) is -0.0475. The third-order valence-electron chi connectivity index (χ3n) is 5.88. The molecule has 0 atom stereocenters. The van der Waals surface area contributed by atoms with Crippen molar-refractivity contribution in [1.29, 1.82) is 0 Å². The number of alkyl halides is 4. The zero-order chi connectivity index (χ0) is 21.6. The summed E-state index contributed by atoms with van der Waals surface area (Å²) in [5, 5.41) is 3.98. The predicted octanol–water partition coefficient (Wildman–Crippen LogP) is 4.47. The Bertz CT molecular complexity index is 950. The van der Waals surface area contributed by atoms with Gasteiger partial charge >= 0.3 is 0 Å². The quantitative estimate of drug-likeness (QED) is 0.583. The van der Waals surface area contributed by atoms with E-state index in [4.69, 9.17) is 0 Å². The first-order valence-electron chi connectivity index (χ1n) is 9.90. The summed E-state index contributed by atoms with van der Waals surface area (Å²) in [6, 6.07) is 3.61. The third kappa shape index (κ3) is 3.94. The number of halogens is 5. The molecular formula is C21H22F5N3O. The molecule has 2 saturated carbocycles. The highest BCUT2D eigenvalue weighted by Crippen LogP contribution is 2.54. The molecule has 0 saturated heterocycles. The molecule has 4 rings (SSSR count). The van der Waals surface area contributed by atoms with Crippen molar-refractivity contribution in [1.82, 2.24) is 14.7 Å². The smallest absolute Gasteiger partial charge is 0.257 e. The minimum Gasteiger partial charge on any atom is -0.331 e. The number of amides is 1. The number of carbonyl (C=O) groups excluding carboxylic acids is 1. The summed E-state index contributed by atoms with van der Waals surface area (Å²) in [4.78, 5) is 14.7. The van der Waals surface area contributed by atoms with Crippen molar-refractivity contribution in [2.45, 2.75) is 63.0 Å². The minimum absolute atomic E-state index is 0.00569. The fourth-order valence-corrected chi connectivity index (χ4v) is 4.02. The van der Waals surface area contributed by atoms with Crippen LogP contribution in [-0.2, 0) is 25.4 Å². The monoisotopic (exact) mass is 427 g/mol. The van der Waals surface area contributed by atoms with Crippen LogP contribution in [0.4, 0.5) is 22.0 Å². The van der Waals surface area contributed by atoms with Crippen LogP contribution in [0.15, 0.2) is 24.4 Å². The van der Waals surface area contributed by atoms with Crippen molar-refractivity contribution in [3.05, 3.63) is 52.6 Å². The molecule has 9 heteroatoms.